The van der Waals surface area contributed by atoms with Gasteiger partial charge in [0.1, 0.15) is 0 Å². The fraction of sp³-hybridized carbons (Fsp3) is 0.250. The number of halogens is 1. The maximum atomic E-state index is 12.0. The van der Waals surface area contributed by atoms with E-state index in [1.54, 1.807) is 35.6 Å². The number of thiophene rings is 1. The Morgan fingerprint density at radius 3 is 2.18 bits per heavy atom. The summed E-state index contributed by atoms with van der Waals surface area (Å²) >= 11 is 7.37. The Morgan fingerprint density at radius 1 is 1.05 bits per heavy atom. The number of aryl methyl sites for hydroxylation is 2. The molecule has 0 spiro atoms. The third-order valence-electron chi connectivity index (χ3n) is 3.09. The number of hydrogen-bond donors (Lipinski definition) is 2. The first-order chi connectivity index (χ1) is 10.5. The number of carbonyl (C=O) groups excluding carboxylic acids is 2. The van der Waals surface area contributed by atoms with Crippen LogP contribution >= 0.6 is 22.9 Å². The van der Waals surface area contributed by atoms with Crippen molar-refractivity contribution in [2.24, 2.45) is 0 Å². The lowest BCUT2D eigenvalue weighted by molar-refractivity contribution is 0.0927. The molecule has 0 aliphatic carbocycles. The van der Waals surface area contributed by atoms with Crippen molar-refractivity contribution in [2.75, 3.05) is 13.1 Å². The van der Waals surface area contributed by atoms with Gasteiger partial charge in [0.15, 0.2) is 0 Å². The van der Waals surface area contributed by atoms with E-state index in [0.29, 0.717) is 29.2 Å². The Bertz CT molecular complexity index is 680. The van der Waals surface area contributed by atoms with Gasteiger partial charge in [0.05, 0.1) is 5.56 Å². The van der Waals surface area contributed by atoms with Crippen LogP contribution in [0, 0.1) is 13.8 Å². The van der Waals surface area contributed by atoms with E-state index in [-0.39, 0.29) is 11.8 Å². The van der Waals surface area contributed by atoms with Gasteiger partial charge in [0, 0.05) is 33.4 Å². The smallest absolute Gasteiger partial charge is 0.252 e. The molecule has 0 unspecified atom stereocenters. The summed E-state index contributed by atoms with van der Waals surface area (Å²) in [6, 6.07) is 8.53. The van der Waals surface area contributed by atoms with Gasteiger partial charge in [-0.1, -0.05) is 11.6 Å². The molecule has 0 aliphatic rings. The van der Waals surface area contributed by atoms with Crippen molar-refractivity contribution in [1.82, 2.24) is 10.6 Å². The predicted molar refractivity (Wildman–Crippen MR) is 89.9 cm³/mol. The zero-order valence-electron chi connectivity index (χ0n) is 12.4. The molecular weight excluding hydrogens is 320 g/mol. The lowest BCUT2D eigenvalue weighted by atomic mass is 10.2. The molecule has 0 saturated heterocycles. The van der Waals surface area contributed by atoms with Gasteiger partial charge in [0.25, 0.3) is 11.8 Å². The van der Waals surface area contributed by atoms with E-state index in [1.807, 2.05) is 19.9 Å². The Hall–Kier alpha value is -1.85. The molecule has 1 aromatic heterocycles. The van der Waals surface area contributed by atoms with Crippen LogP contribution in [0.5, 0.6) is 0 Å². The average molecular weight is 337 g/mol. The first-order valence-electron chi connectivity index (χ1n) is 6.86. The van der Waals surface area contributed by atoms with E-state index >= 15 is 0 Å². The highest BCUT2D eigenvalue weighted by molar-refractivity contribution is 7.12. The maximum Gasteiger partial charge on any atom is 0.252 e. The summed E-state index contributed by atoms with van der Waals surface area (Å²) in [4.78, 5) is 26.0. The Kier molecular flexibility index (Phi) is 5.57. The van der Waals surface area contributed by atoms with Gasteiger partial charge in [-0.3, -0.25) is 9.59 Å². The van der Waals surface area contributed by atoms with Crippen LogP contribution in [-0.4, -0.2) is 24.9 Å². The van der Waals surface area contributed by atoms with Crippen LogP contribution in [0.15, 0.2) is 30.3 Å². The van der Waals surface area contributed by atoms with E-state index in [2.05, 4.69) is 10.6 Å². The largest absolute Gasteiger partial charge is 0.350 e. The minimum atomic E-state index is -0.187. The molecular formula is C16H17ClN2O2S. The molecule has 22 heavy (non-hydrogen) atoms. The molecule has 0 bridgehead atoms. The molecule has 2 N–H and O–H groups in total. The fourth-order valence-corrected chi connectivity index (χ4v) is 3.05. The Balaban J connectivity index is 1.77. The molecule has 0 atom stereocenters. The predicted octanol–water partition coefficient (Wildman–Crippen LogP) is 3.18. The molecule has 1 aromatic carbocycles. The second-order valence-corrected chi connectivity index (χ2v) is 6.74. The molecule has 116 valence electrons. The SMILES string of the molecule is Cc1cc(C(=O)NCCNC(=O)c2ccc(Cl)cc2)c(C)s1. The second-order valence-electron chi connectivity index (χ2n) is 4.85. The topological polar surface area (TPSA) is 58.2 Å². The lowest BCUT2D eigenvalue weighted by Gasteiger charge is -2.07. The van der Waals surface area contributed by atoms with Crippen molar-refractivity contribution >= 4 is 34.8 Å². The van der Waals surface area contributed by atoms with Crippen molar-refractivity contribution < 1.29 is 9.59 Å². The quantitative estimate of drug-likeness (QED) is 0.824. The molecule has 2 amide bonds. The monoisotopic (exact) mass is 336 g/mol. The summed E-state index contributed by atoms with van der Waals surface area (Å²) in [5.41, 5.74) is 1.24. The van der Waals surface area contributed by atoms with E-state index in [1.165, 1.54) is 0 Å². The summed E-state index contributed by atoms with van der Waals surface area (Å²) in [6.45, 7) is 4.65. The highest BCUT2D eigenvalue weighted by atomic mass is 35.5. The van der Waals surface area contributed by atoms with E-state index in [9.17, 15) is 9.59 Å². The van der Waals surface area contributed by atoms with Crippen LogP contribution in [0.1, 0.15) is 30.5 Å². The van der Waals surface area contributed by atoms with Crippen LogP contribution in [0.4, 0.5) is 0 Å². The number of carbonyl (C=O) groups is 2. The standard InChI is InChI=1S/C16H17ClN2O2S/c1-10-9-14(11(2)22-10)16(21)19-8-7-18-15(20)12-3-5-13(17)6-4-12/h3-6,9H,7-8H2,1-2H3,(H,18,20)(H,19,21). The van der Waals surface area contributed by atoms with E-state index < -0.39 is 0 Å². The normalized spacial score (nSPS) is 10.3. The molecule has 4 nitrogen and oxygen atoms in total. The molecule has 0 saturated carbocycles. The molecule has 0 aliphatic heterocycles. The summed E-state index contributed by atoms with van der Waals surface area (Å²) in [6.07, 6.45) is 0. The van der Waals surface area contributed by atoms with Gasteiger partial charge in [-0.2, -0.15) is 0 Å². The van der Waals surface area contributed by atoms with Crippen molar-refractivity contribution in [3.8, 4) is 0 Å². The zero-order valence-corrected chi connectivity index (χ0v) is 14.0. The number of amides is 2. The van der Waals surface area contributed by atoms with E-state index in [0.717, 1.165) is 9.75 Å². The summed E-state index contributed by atoms with van der Waals surface area (Å²) in [7, 11) is 0. The molecule has 1 heterocycles. The van der Waals surface area contributed by atoms with Gasteiger partial charge in [-0.25, -0.2) is 0 Å². The summed E-state index contributed by atoms with van der Waals surface area (Å²) < 4.78 is 0. The highest BCUT2D eigenvalue weighted by Gasteiger charge is 2.11. The minimum absolute atomic E-state index is 0.109. The van der Waals surface area contributed by atoms with Crippen LogP contribution in [-0.2, 0) is 0 Å². The molecule has 2 rings (SSSR count). The number of rotatable bonds is 5. The van der Waals surface area contributed by atoms with Gasteiger partial charge < -0.3 is 10.6 Å². The molecule has 0 fully saturated rings. The number of benzene rings is 1. The third-order valence-corrected chi connectivity index (χ3v) is 4.31. The van der Waals surface area contributed by atoms with Gasteiger partial charge in [-0.05, 0) is 44.2 Å². The first-order valence-corrected chi connectivity index (χ1v) is 8.06. The second kappa shape index (κ2) is 7.42. The van der Waals surface area contributed by atoms with Crippen LogP contribution in [0.25, 0.3) is 0 Å². The molecule has 2 aromatic rings. The highest BCUT2D eigenvalue weighted by Crippen LogP contribution is 2.20. The minimum Gasteiger partial charge on any atom is -0.350 e. The van der Waals surface area contributed by atoms with Crippen molar-refractivity contribution in [2.45, 2.75) is 13.8 Å². The summed E-state index contributed by atoms with van der Waals surface area (Å²) in [5, 5.41) is 6.14. The Labute approximate surface area is 138 Å². The van der Waals surface area contributed by atoms with Crippen LogP contribution < -0.4 is 10.6 Å². The zero-order chi connectivity index (χ0) is 16.1. The Morgan fingerprint density at radius 2 is 1.64 bits per heavy atom. The van der Waals surface area contributed by atoms with Gasteiger partial charge >= 0.3 is 0 Å². The first kappa shape index (κ1) is 16.5. The molecule has 0 radical (unpaired) electrons. The maximum absolute atomic E-state index is 12.0. The van der Waals surface area contributed by atoms with Crippen LogP contribution in [0.2, 0.25) is 5.02 Å². The van der Waals surface area contributed by atoms with Crippen molar-refractivity contribution in [3.63, 3.8) is 0 Å². The average Bonchev–Trinajstić information content (AvgIpc) is 2.82. The summed E-state index contributed by atoms with van der Waals surface area (Å²) in [5.74, 6) is -0.295. The fourth-order valence-electron chi connectivity index (χ4n) is 2.01. The van der Waals surface area contributed by atoms with Crippen LogP contribution in [0.3, 0.4) is 0 Å². The van der Waals surface area contributed by atoms with Gasteiger partial charge in [-0.15, -0.1) is 11.3 Å². The van der Waals surface area contributed by atoms with Crippen molar-refractivity contribution in [3.05, 3.63) is 56.2 Å². The van der Waals surface area contributed by atoms with Gasteiger partial charge in [0.2, 0.25) is 0 Å². The molecule has 6 heteroatoms. The van der Waals surface area contributed by atoms with E-state index in [4.69, 9.17) is 11.6 Å². The number of hydrogen-bond acceptors (Lipinski definition) is 3. The number of nitrogens with one attached hydrogen (secondary N) is 2. The lowest BCUT2D eigenvalue weighted by Crippen LogP contribution is -2.34. The third kappa shape index (κ3) is 4.32. The van der Waals surface area contributed by atoms with Crippen molar-refractivity contribution in [1.29, 1.82) is 0 Å².